The smallest absolute Gasteiger partial charge is 0.247 e. The third kappa shape index (κ3) is 5.55. The topological polar surface area (TPSA) is 81.2 Å². The minimum atomic E-state index is -0.652. The first-order chi connectivity index (χ1) is 17.5. The van der Waals surface area contributed by atoms with Gasteiger partial charge in [0.25, 0.3) is 0 Å². The van der Waals surface area contributed by atoms with Gasteiger partial charge in [0.2, 0.25) is 17.7 Å². The third-order valence-electron chi connectivity index (χ3n) is 7.91. The van der Waals surface area contributed by atoms with E-state index in [4.69, 9.17) is 0 Å². The van der Waals surface area contributed by atoms with E-state index < -0.39 is 28.2 Å². The van der Waals surface area contributed by atoms with Crippen molar-refractivity contribution in [3.05, 3.63) is 25.3 Å². The molecule has 0 saturated carbocycles. The molecule has 6 atom stereocenters. The van der Waals surface area contributed by atoms with Gasteiger partial charge >= 0.3 is 0 Å². The molecule has 208 valence electrons. The molecular weight excluding hydrogens is 554 g/mol. The second-order valence-electron chi connectivity index (χ2n) is 11.5. The molecule has 3 aliphatic rings. The fraction of sp³-hybridized carbons (Fsp3) is 0.750. The highest BCUT2D eigenvalue weighted by Gasteiger charge is 2.76. The quantitative estimate of drug-likeness (QED) is 0.198. The molecule has 3 rings (SSSR count). The number of carbonyl (C=O) groups excluding carboxylic acids is 3. The molecule has 1 spiro atoms. The number of hydrogen-bond acceptors (Lipinski definition) is 5. The number of alkyl halides is 1. The molecular formula is C28H44BrN3O4S. The number of carbonyl (C=O) groups is 3. The summed E-state index contributed by atoms with van der Waals surface area (Å²) in [6, 6.07) is -0.634. The van der Waals surface area contributed by atoms with E-state index in [1.807, 2.05) is 37.5 Å². The predicted molar refractivity (Wildman–Crippen MR) is 154 cm³/mol. The largest absolute Gasteiger partial charge is 0.396 e. The van der Waals surface area contributed by atoms with Crippen LogP contribution in [0.4, 0.5) is 0 Å². The average molecular weight is 599 g/mol. The van der Waals surface area contributed by atoms with Crippen LogP contribution in [0.5, 0.6) is 0 Å². The molecule has 3 amide bonds. The molecule has 0 aromatic carbocycles. The number of rotatable bonds is 13. The average Bonchev–Trinajstić information content (AvgIpc) is 3.42. The summed E-state index contributed by atoms with van der Waals surface area (Å²) in [6.07, 6.45) is 7.11. The molecule has 3 fully saturated rings. The van der Waals surface area contributed by atoms with Crippen LogP contribution in [0.2, 0.25) is 0 Å². The van der Waals surface area contributed by atoms with E-state index >= 15 is 0 Å². The first-order valence-electron chi connectivity index (χ1n) is 13.5. The minimum absolute atomic E-state index is 0.00396. The molecule has 0 aromatic heterocycles. The molecule has 3 unspecified atom stereocenters. The second-order valence-corrected chi connectivity index (χ2v) is 14.2. The zero-order chi connectivity index (χ0) is 27.5. The summed E-state index contributed by atoms with van der Waals surface area (Å²) in [4.78, 5) is 48.0. The lowest BCUT2D eigenvalue weighted by Gasteiger charge is -2.42. The van der Waals surface area contributed by atoms with E-state index in [-0.39, 0.29) is 34.4 Å². The Morgan fingerprint density at radius 2 is 1.86 bits per heavy atom. The summed E-state index contributed by atoms with van der Waals surface area (Å²) < 4.78 is -0.652. The number of hydrogen-bond donors (Lipinski definition) is 1. The number of likely N-dealkylation sites (tertiary alicyclic amines) is 1. The Labute approximate surface area is 235 Å². The van der Waals surface area contributed by atoms with Gasteiger partial charge in [-0.2, -0.15) is 0 Å². The summed E-state index contributed by atoms with van der Waals surface area (Å²) >= 11 is 5.53. The van der Waals surface area contributed by atoms with Gasteiger partial charge in [0.1, 0.15) is 6.04 Å². The molecule has 3 aliphatic heterocycles. The molecule has 0 radical (unpaired) electrons. The SMILES string of the molecule is C=CCN(CCC)C(=O)[C@H]1[C@@H]2SC3(CC2Br)C(C(=O)N(CC=C)C(C)(C)C)N(CCCCCO)C(=O)[C@H]13. The van der Waals surface area contributed by atoms with E-state index in [1.54, 1.807) is 28.8 Å². The normalized spacial score (nSPS) is 30.4. The maximum Gasteiger partial charge on any atom is 0.247 e. The third-order valence-corrected chi connectivity index (χ3v) is 11.1. The Bertz CT molecular complexity index is 893. The summed E-state index contributed by atoms with van der Waals surface area (Å²) in [5.41, 5.74) is -0.447. The molecule has 0 aliphatic carbocycles. The molecule has 3 saturated heterocycles. The highest BCUT2D eigenvalue weighted by molar-refractivity contribution is 9.09. The van der Waals surface area contributed by atoms with E-state index in [0.29, 0.717) is 45.4 Å². The van der Waals surface area contributed by atoms with Gasteiger partial charge in [-0.3, -0.25) is 14.4 Å². The number of aliphatic hydroxyl groups is 1. The van der Waals surface area contributed by atoms with Gasteiger partial charge in [-0.25, -0.2) is 0 Å². The molecule has 7 nitrogen and oxygen atoms in total. The van der Waals surface area contributed by atoms with Crippen LogP contribution in [0.3, 0.4) is 0 Å². The van der Waals surface area contributed by atoms with Crippen LogP contribution in [-0.4, -0.2) is 96.7 Å². The Kier molecular flexibility index (Phi) is 10.0. The Morgan fingerprint density at radius 1 is 1.19 bits per heavy atom. The number of nitrogens with zero attached hydrogens (tertiary/aromatic N) is 3. The zero-order valence-electron chi connectivity index (χ0n) is 22.8. The van der Waals surface area contributed by atoms with E-state index in [2.05, 4.69) is 29.1 Å². The zero-order valence-corrected chi connectivity index (χ0v) is 25.2. The number of amides is 3. The molecule has 3 heterocycles. The van der Waals surface area contributed by atoms with Crippen LogP contribution in [0.25, 0.3) is 0 Å². The Hall–Kier alpha value is -1.32. The lowest BCUT2D eigenvalue weighted by molar-refractivity contribution is -0.146. The minimum Gasteiger partial charge on any atom is -0.396 e. The van der Waals surface area contributed by atoms with Gasteiger partial charge in [-0.05, 0) is 52.9 Å². The van der Waals surface area contributed by atoms with Gasteiger partial charge in [0.05, 0.1) is 16.6 Å². The number of fused-ring (bicyclic) bond motifs is 1. The number of thioether (sulfide) groups is 1. The van der Waals surface area contributed by atoms with Crippen molar-refractivity contribution in [2.24, 2.45) is 11.8 Å². The van der Waals surface area contributed by atoms with Gasteiger partial charge < -0.3 is 19.8 Å². The summed E-state index contributed by atoms with van der Waals surface area (Å²) in [5.74, 6) is -1.14. The Morgan fingerprint density at radius 3 is 2.43 bits per heavy atom. The van der Waals surface area contributed by atoms with E-state index in [9.17, 15) is 19.5 Å². The first-order valence-corrected chi connectivity index (χ1v) is 15.3. The van der Waals surface area contributed by atoms with Crippen molar-refractivity contribution >= 4 is 45.4 Å². The van der Waals surface area contributed by atoms with Crippen LogP contribution in [-0.2, 0) is 14.4 Å². The summed E-state index contributed by atoms with van der Waals surface area (Å²) in [7, 11) is 0. The Balaban J connectivity index is 2.06. The van der Waals surface area contributed by atoms with E-state index in [0.717, 1.165) is 12.8 Å². The van der Waals surface area contributed by atoms with E-state index in [1.165, 1.54) is 0 Å². The van der Waals surface area contributed by atoms with Crippen molar-refractivity contribution < 1.29 is 19.5 Å². The van der Waals surface area contributed by atoms with Crippen molar-refractivity contribution in [3.8, 4) is 0 Å². The van der Waals surface area contributed by atoms with Crippen LogP contribution in [0.15, 0.2) is 25.3 Å². The van der Waals surface area contributed by atoms with Crippen molar-refractivity contribution in [2.45, 2.75) is 86.2 Å². The summed E-state index contributed by atoms with van der Waals surface area (Å²) in [5, 5.41) is 9.19. The predicted octanol–water partition coefficient (Wildman–Crippen LogP) is 3.85. The highest BCUT2D eigenvalue weighted by atomic mass is 79.9. The van der Waals surface area contributed by atoms with Gasteiger partial charge in [0, 0.05) is 48.4 Å². The van der Waals surface area contributed by atoms with Crippen LogP contribution < -0.4 is 0 Å². The van der Waals surface area contributed by atoms with Crippen molar-refractivity contribution in [2.75, 3.05) is 32.8 Å². The monoisotopic (exact) mass is 597 g/mol. The van der Waals surface area contributed by atoms with Gasteiger partial charge in [0.15, 0.2) is 0 Å². The standard InChI is InChI=1S/C28H44BrN3O4S/c1-7-13-30(14-8-2)24(34)20-21-25(35)31(16-11-10-12-17-33)23(28(21)18-19(29)22(20)37-28)26(36)32(15-9-3)27(4,5)6/h7,9,19-23,33H,1,3,8,10-18H2,2,4-6H3/t19?,20-,21+,22-,23?,28?/m1/s1. The van der Waals surface area contributed by atoms with Gasteiger partial charge in [-0.15, -0.1) is 24.9 Å². The first kappa shape index (κ1) is 30.2. The lowest BCUT2D eigenvalue weighted by atomic mass is 9.70. The molecule has 1 N–H and O–H groups in total. The maximum absolute atomic E-state index is 14.4. The van der Waals surface area contributed by atoms with Crippen molar-refractivity contribution in [3.63, 3.8) is 0 Å². The van der Waals surface area contributed by atoms with Crippen LogP contribution in [0, 0.1) is 11.8 Å². The lowest BCUT2D eigenvalue weighted by Crippen LogP contribution is -2.59. The van der Waals surface area contributed by atoms with Crippen LogP contribution in [0.1, 0.15) is 59.8 Å². The molecule has 0 aromatic rings. The molecule has 9 heteroatoms. The number of unbranched alkanes of at least 4 members (excludes halogenated alkanes) is 2. The van der Waals surface area contributed by atoms with Crippen LogP contribution >= 0.6 is 27.7 Å². The second kappa shape index (κ2) is 12.2. The number of halogens is 1. The maximum atomic E-state index is 14.4. The fourth-order valence-electron chi connectivity index (χ4n) is 6.40. The fourth-order valence-corrected chi connectivity index (χ4v) is 10.0. The van der Waals surface area contributed by atoms with Gasteiger partial charge in [-0.1, -0.05) is 35.0 Å². The van der Waals surface area contributed by atoms with Crippen molar-refractivity contribution in [1.82, 2.24) is 14.7 Å². The highest BCUT2D eigenvalue weighted by Crippen LogP contribution is 2.68. The molecule has 37 heavy (non-hydrogen) atoms. The molecule has 2 bridgehead atoms. The van der Waals surface area contributed by atoms with Crippen molar-refractivity contribution in [1.29, 1.82) is 0 Å². The number of aliphatic hydroxyl groups excluding tert-OH is 1. The summed E-state index contributed by atoms with van der Waals surface area (Å²) in [6.45, 7) is 17.8.